The second kappa shape index (κ2) is 3.66. The fourth-order valence-electron chi connectivity index (χ4n) is 1.94. The third-order valence-electron chi connectivity index (χ3n) is 2.58. The van der Waals surface area contributed by atoms with Gasteiger partial charge in [0.25, 0.3) is 0 Å². The van der Waals surface area contributed by atoms with Crippen molar-refractivity contribution < 1.29 is 14.6 Å². The zero-order valence-electron chi connectivity index (χ0n) is 8.91. The topological polar surface area (TPSA) is 46.5 Å². The van der Waals surface area contributed by atoms with E-state index in [0.717, 1.165) is 24.0 Å². The van der Waals surface area contributed by atoms with Crippen molar-refractivity contribution in [3.63, 3.8) is 0 Å². The predicted octanol–water partition coefficient (Wildman–Crippen LogP) is 1.90. The molecule has 0 unspecified atom stereocenters. The highest BCUT2D eigenvalue weighted by molar-refractivity contribution is 5.85. The number of esters is 1. The minimum absolute atomic E-state index is 0.562. The number of aryl methyl sites for hydroxylation is 2. The highest BCUT2D eigenvalue weighted by atomic mass is 16.6. The average Bonchev–Trinajstić information content (AvgIpc) is 2.46. The van der Waals surface area contributed by atoms with Crippen molar-refractivity contribution in [3.8, 4) is 5.75 Å². The number of fused-ring (bicyclic) bond motifs is 1. The number of hydrogen-bond acceptors (Lipinski definition) is 3. The van der Waals surface area contributed by atoms with Gasteiger partial charge in [-0.25, -0.2) is 4.79 Å². The average molecular weight is 206 g/mol. The van der Waals surface area contributed by atoms with Crippen molar-refractivity contribution in [2.45, 2.75) is 32.8 Å². The van der Waals surface area contributed by atoms with E-state index in [9.17, 15) is 9.90 Å². The summed E-state index contributed by atoms with van der Waals surface area (Å²) in [4.78, 5) is 11.2. The minimum Gasteiger partial charge on any atom is -0.424 e. The summed E-state index contributed by atoms with van der Waals surface area (Å²) in [7, 11) is 0. The maximum Gasteiger partial charge on any atom is 0.345 e. The molecule has 2 rings (SSSR count). The maximum absolute atomic E-state index is 11.2. The maximum atomic E-state index is 11.2. The lowest BCUT2D eigenvalue weighted by Crippen LogP contribution is -2.08. The van der Waals surface area contributed by atoms with Crippen molar-refractivity contribution >= 4 is 5.97 Å². The van der Waals surface area contributed by atoms with E-state index in [1.807, 2.05) is 19.1 Å². The van der Waals surface area contributed by atoms with E-state index >= 15 is 0 Å². The highest BCUT2D eigenvalue weighted by Crippen LogP contribution is 2.37. The molecule has 1 N–H and O–H groups in total. The molecule has 0 aliphatic carbocycles. The van der Waals surface area contributed by atoms with Crippen LogP contribution in [0.4, 0.5) is 0 Å². The van der Waals surface area contributed by atoms with E-state index in [4.69, 9.17) is 4.74 Å². The van der Waals surface area contributed by atoms with Gasteiger partial charge in [0.05, 0.1) is 0 Å². The molecule has 0 aromatic heterocycles. The monoisotopic (exact) mass is 206 g/mol. The van der Waals surface area contributed by atoms with Crippen LogP contribution in [0.1, 0.15) is 36.1 Å². The van der Waals surface area contributed by atoms with E-state index < -0.39 is 12.1 Å². The fourth-order valence-corrected chi connectivity index (χ4v) is 1.94. The molecule has 1 aromatic rings. The van der Waals surface area contributed by atoms with Crippen LogP contribution in [0, 0.1) is 6.92 Å². The fraction of sp³-hybridized carbons (Fsp3) is 0.417. The van der Waals surface area contributed by atoms with Crippen LogP contribution in [0.25, 0.3) is 0 Å². The first-order chi connectivity index (χ1) is 7.13. The normalized spacial score (nSPS) is 18.9. The van der Waals surface area contributed by atoms with Crippen molar-refractivity contribution in [2.24, 2.45) is 0 Å². The highest BCUT2D eigenvalue weighted by Gasteiger charge is 2.33. The Hall–Kier alpha value is -1.35. The van der Waals surface area contributed by atoms with Gasteiger partial charge in [0.15, 0.2) is 6.10 Å². The predicted molar refractivity (Wildman–Crippen MR) is 55.8 cm³/mol. The number of aliphatic hydroxyl groups excluding tert-OH is 1. The zero-order chi connectivity index (χ0) is 11.0. The van der Waals surface area contributed by atoms with E-state index in [0.29, 0.717) is 11.3 Å². The van der Waals surface area contributed by atoms with Gasteiger partial charge in [-0.3, -0.25) is 0 Å². The lowest BCUT2D eigenvalue weighted by Gasteiger charge is -2.07. The molecular formula is C12H14O3. The first-order valence-electron chi connectivity index (χ1n) is 5.16. The van der Waals surface area contributed by atoms with Crippen LogP contribution in [0.15, 0.2) is 12.1 Å². The molecule has 0 spiro atoms. The first kappa shape index (κ1) is 10.2. The Balaban J connectivity index is 2.52. The van der Waals surface area contributed by atoms with Crippen molar-refractivity contribution in [1.82, 2.24) is 0 Å². The van der Waals surface area contributed by atoms with Crippen LogP contribution in [0.5, 0.6) is 5.75 Å². The summed E-state index contributed by atoms with van der Waals surface area (Å²) < 4.78 is 5.07. The summed E-state index contributed by atoms with van der Waals surface area (Å²) in [5.74, 6) is 0.00732. The number of rotatable bonds is 2. The van der Waals surface area contributed by atoms with E-state index in [-0.39, 0.29) is 0 Å². The van der Waals surface area contributed by atoms with Crippen molar-refractivity contribution in [1.29, 1.82) is 0 Å². The van der Waals surface area contributed by atoms with E-state index in [1.165, 1.54) is 0 Å². The molecule has 1 heterocycles. The third kappa shape index (κ3) is 1.63. The molecular weight excluding hydrogens is 192 g/mol. The number of aliphatic hydroxyl groups is 1. The van der Waals surface area contributed by atoms with Gasteiger partial charge in [-0.05, 0) is 25.0 Å². The van der Waals surface area contributed by atoms with Gasteiger partial charge in [0.2, 0.25) is 0 Å². The Morgan fingerprint density at radius 1 is 1.47 bits per heavy atom. The van der Waals surface area contributed by atoms with Gasteiger partial charge in [-0.2, -0.15) is 0 Å². The molecule has 1 atom stereocenters. The Morgan fingerprint density at radius 2 is 2.20 bits per heavy atom. The lowest BCUT2D eigenvalue weighted by molar-refractivity contribution is -0.140. The largest absolute Gasteiger partial charge is 0.424 e. The molecule has 1 aromatic carbocycles. The van der Waals surface area contributed by atoms with Gasteiger partial charge in [0, 0.05) is 5.56 Å². The molecule has 1 aliphatic heterocycles. The van der Waals surface area contributed by atoms with Crippen LogP contribution >= 0.6 is 0 Å². The molecule has 0 saturated carbocycles. The van der Waals surface area contributed by atoms with Crippen molar-refractivity contribution in [3.05, 3.63) is 28.8 Å². The van der Waals surface area contributed by atoms with Crippen LogP contribution in [-0.2, 0) is 11.2 Å². The van der Waals surface area contributed by atoms with Gasteiger partial charge in [-0.1, -0.05) is 25.0 Å². The minimum atomic E-state index is -1.10. The van der Waals surface area contributed by atoms with E-state index in [1.54, 1.807) is 0 Å². The second-order valence-electron chi connectivity index (χ2n) is 3.92. The Kier molecular flexibility index (Phi) is 2.49. The molecule has 0 amide bonds. The van der Waals surface area contributed by atoms with Crippen LogP contribution in [-0.4, -0.2) is 11.1 Å². The van der Waals surface area contributed by atoms with Crippen molar-refractivity contribution in [2.75, 3.05) is 0 Å². The summed E-state index contributed by atoms with van der Waals surface area (Å²) in [6.45, 7) is 4.02. The Bertz CT molecular complexity index is 410. The molecule has 0 bridgehead atoms. The number of carbonyl (C=O) groups is 1. The quantitative estimate of drug-likeness (QED) is 0.593. The van der Waals surface area contributed by atoms with E-state index in [2.05, 4.69) is 6.92 Å². The molecule has 80 valence electrons. The standard InChI is InChI=1S/C12H14O3/c1-3-4-8-5-7(2)6-9-10(13)12(14)15-11(8)9/h5-6,10,13H,3-4H2,1-2H3/t10-/m0/s1. The molecule has 0 radical (unpaired) electrons. The smallest absolute Gasteiger partial charge is 0.345 e. The summed E-state index contributed by atoms with van der Waals surface area (Å²) >= 11 is 0. The molecule has 1 aliphatic rings. The Labute approximate surface area is 88.7 Å². The second-order valence-corrected chi connectivity index (χ2v) is 3.92. The number of benzene rings is 1. The van der Waals surface area contributed by atoms with Gasteiger partial charge < -0.3 is 9.84 Å². The zero-order valence-corrected chi connectivity index (χ0v) is 8.91. The number of carbonyl (C=O) groups excluding carboxylic acids is 1. The molecule has 0 fully saturated rings. The summed E-state index contributed by atoms with van der Waals surface area (Å²) in [6.07, 6.45) is 0.753. The summed E-state index contributed by atoms with van der Waals surface area (Å²) in [5.41, 5.74) is 2.68. The number of ether oxygens (including phenoxy) is 1. The third-order valence-corrected chi connectivity index (χ3v) is 2.58. The van der Waals surface area contributed by atoms with Crippen LogP contribution in [0.3, 0.4) is 0 Å². The van der Waals surface area contributed by atoms with Gasteiger partial charge in [-0.15, -0.1) is 0 Å². The van der Waals surface area contributed by atoms with Crippen LogP contribution < -0.4 is 4.74 Å². The lowest BCUT2D eigenvalue weighted by atomic mass is 10.00. The molecule has 0 saturated heterocycles. The van der Waals surface area contributed by atoms with Gasteiger partial charge >= 0.3 is 5.97 Å². The molecule has 3 nitrogen and oxygen atoms in total. The number of hydrogen-bond donors (Lipinski definition) is 1. The summed E-state index contributed by atoms with van der Waals surface area (Å²) in [6, 6.07) is 3.82. The molecule has 3 heteroatoms. The molecule has 15 heavy (non-hydrogen) atoms. The van der Waals surface area contributed by atoms with Crippen LogP contribution in [0.2, 0.25) is 0 Å². The van der Waals surface area contributed by atoms with Gasteiger partial charge in [0.1, 0.15) is 5.75 Å². The SMILES string of the molecule is CCCc1cc(C)cc2c1OC(=O)[C@H]2O. The summed E-state index contributed by atoms with van der Waals surface area (Å²) in [5, 5.41) is 9.59. The first-order valence-corrected chi connectivity index (χ1v) is 5.16. The Morgan fingerprint density at radius 3 is 2.87 bits per heavy atom.